The summed E-state index contributed by atoms with van der Waals surface area (Å²) < 4.78 is 12.6. The van der Waals surface area contributed by atoms with E-state index in [4.69, 9.17) is 19.6 Å². The van der Waals surface area contributed by atoms with Crippen LogP contribution in [-0.2, 0) is 6.42 Å². The molecule has 0 atom stereocenters. The number of hydrogen-bond donors (Lipinski definition) is 0. The molecule has 2 aromatic heterocycles. The Morgan fingerprint density at radius 2 is 1.55 bits per heavy atom. The predicted molar refractivity (Wildman–Crippen MR) is 152 cm³/mol. The van der Waals surface area contributed by atoms with Gasteiger partial charge in [-0.1, -0.05) is 72.4 Å². The number of rotatable bonds is 9. The van der Waals surface area contributed by atoms with Gasteiger partial charge in [0.05, 0.1) is 25.7 Å². The largest absolute Gasteiger partial charge is 0.493 e. The molecule has 6 nitrogen and oxygen atoms in total. The Bertz CT molecular complexity index is 1600. The van der Waals surface area contributed by atoms with E-state index in [0.29, 0.717) is 23.5 Å². The number of carbonyl (C=O) groups is 1. The van der Waals surface area contributed by atoms with Gasteiger partial charge in [0.25, 0.3) is 0 Å². The van der Waals surface area contributed by atoms with Gasteiger partial charge in [-0.15, -0.1) is 0 Å². The van der Waals surface area contributed by atoms with Gasteiger partial charge in [0.15, 0.2) is 22.9 Å². The molecule has 0 aliphatic rings. The monoisotopic (exact) mass is 523 g/mol. The Kier molecular flexibility index (Phi) is 7.47. The minimum atomic E-state index is -0.00334. The highest BCUT2D eigenvalue weighted by molar-refractivity contribution is 8.00. The molecular weight excluding hydrogens is 494 g/mol. The zero-order valence-electron chi connectivity index (χ0n) is 21.9. The van der Waals surface area contributed by atoms with Crippen molar-refractivity contribution < 1.29 is 14.3 Å². The Labute approximate surface area is 226 Å². The van der Waals surface area contributed by atoms with Gasteiger partial charge in [-0.25, -0.2) is 9.50 Å². The molecule has 0 aliphatic heterocycles. The van der Waals surface area contributed by atoms with Crippen molar-refractivity contribution >= 4 is 23.2 Å². The van der Waals surface area contributed by atoms with Crippen molar-refractivity contribution in [2.24, 2.45) is 0 Å². The van der Waals surface area contributed by atoms with Crippen molar-refractivity contribution in [3.63, 3.8) is 0 Å². The highest BCUT2D eigenvalue weighted by atomic mass is 32.2. The molecule has 0 radical (unpaired) electrons. The number of methoxy groups -OCH3 is 2. The van der Waals surface area contributed by atoms with Gasteiger partial charge in [-0.05, 0) is 43.2 Å². The van der Waals surface area contributed by atoms with E-state index in [1.54, 1.807) is 32.4 Å². The molecule has 2 heterocycles. The second-order valence-corrected chi connectivity index (χ2v) is 9.95. The summed E-state index contributed by atoms with van der Waals surface area (Å²) >= 11 is 1.49. The standard InChI is InChI=1S/C31H29N3O3S/c1-20-25(17-22-11-7-5-8-12-22)31(38-19-26(35)24-15-16-27(36-3)28(18-24)37-4)34-30(32-20)29(21(2)33-34)23-13-9-6-10-14-23/h5-16,18H,17,19H2,1-4H3. The van der Waals surface area contributed by atoms with Crippen LogP contribution in [0.25, 0.3) is 16.8 Å². The van der Waals surface area contributed by atoms with Gasteiger partial charge >= 0.3 is 0 Å². The highest BCUT2D eigenvalue weighted by Crippen LogP contribution is 2.34. The normalized spacial score (nSPS) is 11.1. The number of nitrogens with zero attached hydrogens (tertiary/aromatic N) is 3. The van der Waals surface area contributed by atoms with E-state index in [1.165, 1.54) is 17.3 Å². The summed E-state index contributed by atoms with van der Waals surface area (Å²) in [6, 6.07) is 25.8. The third-order valence-electron chi connectivity index (χ3n) is 6.53. The molecule has 0 aliphatic carbocycles. The summed E-state index contributed by atoms with van der Waals surface area (Å²) in [6.07, 6.45) is 0.697. The number of benzene rings is 3. The van der Waals surface area contributed by atoms with E-state index in [-0.39, 0.29) is 11.5 Å². The van der Waals surface area contributed by atoms with E-state index < -0.39 is 0 Å². The summed E-state index contributed by atoms with van der Waals surface area (Å²) in [5, 5.41) is 5.85. The number of carbonyl (C=O) groups excluding carboxylic acids is 1. The number of Topliss-reactive ketones (excluding diaryl/α,β-unsaturated/α-hetero) is 1. The van der Waals surface area contributed by atoms with Gasteiger partial charge < -0.3 is 9.47 Å². The van der Waals surface area contributed by atoms with E-state index in [2.05, 4.69) is 24.3 Å². The van der Waals surface area contributed by atoms with Gasteiger partial charge in [-0.3, -0.25) is 4.79 Å². The Morgan fingerprint density at radius 3 is 2.24 bits per heavy atom. The number of thioether (sulfide) groups is 1. The van der Waals surface area contributed by atoms with Crippen molar-refractivity contribution in [2.45, 2.75) is 25.3 Å². The Morgan fingerprint density at radius 1 is 0.868 bits per heavy atom. The third kappa shape index (κ3) is 5.02. The fourth-order valence-corrected chi connectivity index (χ4v) is 5.67. The van der Waals surface area contributed by atoms with Crippen molar-refractivity contribution in [2.75, 3.05) is 20.0 Å². The molecule has 0 saturated carbocycles. The van der Waals surface area contributed by atoms with Crippen LogP contribution in [0, 0.1) is 13.8 Å². The fraction of sp³-hybridized carbons (Fsp3) is 0.194. The summed E-state index contributed by atoms with van der Waals surface area (Å²) in [5.74, 6) is 1.37. The molecule has 0 fully saturated rings. The molecule has 0 amide bonds. The predicted octanol–water partition coefficient (Wildman–Crippen LogP) is 6.60. The number of ether oxygens (including phenoxy) is 2. The average Bonchev–Trinajstić information content (AvgIpc) is 3.28. The zero-order chi connectivity index (χ0) is 26.6. The molecular formula is C31H29N3O3S. The Balaban J connectivity index is 1.58. The van der Waals surface area contributed by atoms with Crippen LogP contribution in [0.2, 0.25) is 0 Å². The summed E-state index contributed by atoms with van der Waals surface area (Å²) in [5.41, 5.74) is 7.51. The number of ketones is 1. The number of aryl methyl sites for hydroxylation is 2. The van der Waals surface area contributed by atoms with Crippen molar-refractivity contribution in [3.8, 4) is 22.6 Å². The fourth-order valence-electron chi connectivity index (χ4n) is 4.59. The third-order valence-corrected chi connectivity index (χ3v) is 7.63. The molecule has 5 aromatic rings. The molecule has 38 heavy (non-hydrogen) atoms. The van der Waals surface area contributed by atoms with Crippen molar-refractivity contribution in [3.05, 3.63) is 107 Å². The first-order valence-corrected chi connectivity index (χ1v) is 13.3. The number of aromatic nitrogens is 3. The van der Waals surface area contributed by atoms with Crippen LogP contribution in [0.4, 0.5) is 0 Å². The summed E-state index contributed by atoms with van der Waals surface area (Å²) in [6.45, 7) is 4.04. The molecule has 0 N–H and O–H groups in total. The van der Waals surface area contributed by atoms with E-state index >= 15 is 0 Å². The number of fused-ring (bicyclic) bond motifs is 1. The minimum Gasteiger partial charge on any atom is -0.493 e. The van der Waals surface area contributed by atoms with Crippen LogP contribution < -0.4 is 9.47 Å². The maximum Gasteiger partial charge on any atom is 0.173 e. The van der Waals surface area contributed by atoms with Crippen LogP contribution in [0.1, 0.15) is 32.9 Å². The lowest BCUT2D eigenvalue weighted by atomic mass is 10.0. The topological polar surface area (TPSA) is 65.7 Å². The lowest BCUT2D eigenvalue weighted by molar-refractivity contribution is 0.102. The van der Waals surface area contributed by atoms with Gasteiger partial charge in [0.2, 0.25) is 0 Å². The van der Waals surface area contributed by atoms with E-state index in [0.717, 1.165) is 38.8 Å². The van der Waals surface area contributed by atoms with Crippen molar-refractivity contribution in [1.82, 2.24) is 14.6 Å². The summed E-state index contributed by atoms with van der Waals surface area (Å²) in [4.78, 5) is 18.3. The van der Waals surface area contributed by atoms with Gasteiger partial charge in [0.1, 0.15) is 5.03 Å². The molecule has 0 saturated heterocycles. The second-order valence-electron chi connectivity index (χ2n) is 8.99. The van der Waals surface area contributed by atoms with E-state index in [1.807, 2.05) is 54.8 Å². The van der Waals surface area contributed by atoms with Crippen LogP contribution in [0.15, 0.2) is 83.9 Å². The first kappa shape index (κ1) is 25.5. The molecule has 7 heteroatoms. The molecule has 3 aromatic carbocycles. The van der Waals surface area contributed by atoms with Crippen LogP contribution in [0.3, 0.4) is 0 Å². The summed E-state index contributed by atoms with van der Waals surface area (Å²) in [7, 11) is 3.15. The minimum absolute atomic E-state index is 0.00334. The molecule has 0 spiro atoms. The molecule has 0 bridgehead atoms. The van der Waals surface area contributed by atoms with E-state index in [9.17, 15) is 4.79 Å². The average molecular weight is 524 g/mol. The lowest BCUT2D eigenvalue weighted by Gasteiger charge is -2.15. The molecule has 192 valence electrons. The second kappa shape index (κ2) is 11.1. The molecule has 0 unspecified atom stereocenters. The highest BCUT2D eigenvalue weighted by Gasteiger charge is 2.22. The zero-order valence-corrected chi connectivity index (χ0v) is 22.7. The van der Waals surface area contributed by atoms with Gasteiger partial charge in [0, 0.05) is 28.8 Å². The maximum atomic E-state index is 13.3. The van der Waals surface area contributed by atoms with Crippen LogP contribution >= 0.6 is 11.8 Å². The van der Waals surface area contributed by atoms with Crippen LogP contribution in [-0.4, -0.2) is 40.4 Å². The molecule has 5 rings (SSSR count). The first-order chi connectivity index (χ1) is 18.5. The van der Waals surface area contributed by atoms with Gasteiger partial charge in [-0.2, -0.15) is 5.10 Å². The SMILES string of the molecule is COc1ccc(C(=O)CSc2c(Cc3ccccc3)c(C)nc3c(-c4ccccc4)c(C)nn23)cc1OC. The lowest BCUT2D eigenvalue weighted by Crippen LogP contribution is -2.09. The maximum absolute atomic E-state index is 13.3. The van der Waals surface area contributed by atoms with Crippen LogP contribution in [0.5, 0.6) is 11.5 Å². The first-order valence-electron chi connectivity index (χ1n) is 12.4. The Hall–Kier alpha value is -4.10. The number of hydrogen-bond acceptors (Lipinski definition) is 6. The van der Waals surface area contributed by atoms with Crippen molar-refractivity contribution in [1.29, 1.82) is 0 Å². The quantitative estimate of drug-likeness (QED) is 0.123. The smallest absolute Gasteiger partial charge is 0.173 e.